The van der Waals surface area contributed by atoms with Crippen molar-refractivity contribution in [2.45, 2.75) is 20.4 Å². The molecule has 0 saturated heterocycles. The molecule has 2 aromatic heterocycles. The van der Waals surface area contributed by atoms with Crippen molar-refractivity contribution in [3.63, 3.8) is 0 Å². The second-order valence-corrected chi connectivity index (χ2v) is 6.27. The van der Waals surface area contributed by atoms with Crippen LogP contribution in [-0.2, 0) is 6.54 Å². The third-order valence-corrected chi connectivity index (χ3v) is 4.45. The summed E-state index contributed by atoms with van der Waals surface area (Å²) in [6, 6.07) is 5.73. The van der Waals surface area contributed by atoms with Crippen molar-refractivity contribution in [3.05, 3.63) is 51.5 Å². The smallest absolute Gasteiger partial charge is 0.138 e. The molecule has 0 aliphatic heterocycles. The Morgan fingerprint density at radius 2 is 2.19 bits per heavy atom. The lowest BCUT2D eigenvalue weighted by molar-refractivity contribution is 0.878. The fourth-order valence-electron chi connectivity index (χ4n) is 2.13. The van der Waals surface area contributed by atoms with E-state index in [1.165, 1.54) is 11.2 Å². The standard InChI is InChI=1S/C14H14ClN5S/c1-9-13(21-10(2)19-9)6-17-12-5-3-4-11(15)14(12)20-8-16-7-18-20/h3-5,7-8,17H,6H2,1-2H3. The van der Waals surface area contributed by atoms with E-state index in [0.717, 1.165) is 22.1 Å². The van der Waals surface area contributed by atoms with Gasteiger partial charge in [0.15, 0.2) is 0 Å². The molecule has 0 aliphatic rings. The van der Waals surface area contributed by atoms with Gasteiger partial charge in [-0.25, -0.2) is 14.6 Å². The van der Waals surface area contributed by atoms with Crippen molar-refractivity contribution < 1.29 is 0 Å². The lowest BCUT2D eigenvalue weighted by Crippen LogP contribution is -2.05. The zero-order valence-electron chi connectivity index (χ0n) is 11.7. The highest BCUT2D eigenvalue weighted by atomic mass is 35.5. The maximum absolute atomic E-state index is 6.30. The maximum atomic E-state index is 6.30. The molecule has 0 aliphatic carbocycles. The summed E-state index contributed by atoms with van der Waals surface area (Å²) in [5, 5.41) is 9.27. The van der Waals surface area contributed by atoms with Gasteiger partial charge in [-0.3, -0.25) is 0 Å². The van der Waals surface area contributed by atoms with Crippen LogP contribution in [0.25, 0.3) is 5.69 Å². The summed E-state index contributed by atoms with van der Waals surface area (Å²) in [6.07, 6.45) is 3.12. The molecule has 0 radical (unpaired) electrons. The molecule has 7 heteroatoms. The predicted molar refractivity (Wildman–Crippen MR) is 85.3 cm³/mol. The van der Waals surface area contributed by atoms with E-state index in [4.69, 9.17) is 11.6 Å². The van der Waals surface area contributed by atoms with Gasteiger partial charge in [-0.05, 0) is 26.0 Å². The summed E-state index contributed by atoms with van der Waals surface area (Å²) < 4.78 is 1.66. The number of thiazole rings is 1. The van der Waals surface area contributed by atoms with Crippen LogP contribution in [0, 0.1) is 13.8 Å². The molecular weight excluding hydrogens is 306 g/mol. The fourth-order valence-corrected chi connectivity index (χ4v) is 3.27. The van der Waals surface area contributed by atoms with Crippen LogP contribution in [0.1, 0.15) is 15.6 Å². The Labute approximate surface area is 131 Å². The van der Waals surface area contributed by atoms with Crippen molar-refractivity contribution in [1.29, 1.82) is 0 Å². The molecule has 0 unspecified atom stereocenters. The monoisotopic (exact) mass is 319 g/mol. The van der Waals surface area contributed by atoms with Crippen molar-refractivity contribution >= 4 is 28.6 Å². The number of hydrogen-bond acceptors (Lipinski definition) is 5. The van der Waals surface area contributed by atoms with Gasteiger partial charge in [-0.15, -0.1) is 11.3 Å². The molecule has 5 nitrogen and oxygen atoms in total. The van der Waals surface area contributed by atoms with Gasteiger partial charge in [0.2, 0.25) is 0 Å². The van der Waals surface area contributed by atoms with Gasteiger partial charge < -0.3 is 5.32 Å². The molecule has 0 bridgehead atoms. The minimum Gasteiger partial charge on any atom is -0.378 e. The highest BCUT2D eigenvalue weighted by Crippen LogP contribution is 2.28. The maximum Gasteiger partial charge on any atom is 0.138 e. The van der Waals surface area contributed by atoms with Crippen LogP contribution in [-0.4, -0.2) is 19.7 Å². The number of anilines is 1. The first-order valence-corrected chi connectivity index (χ1v) is 7.65. The van der Waals surface area contributed by atoms with Crippen molar-refractivity contribution in [2.75, 3.05) is 5.32 Å². The van der Waals surface area contributed by atoms with E-state index in [0.29, 0.717) is 11.6 Å². The fraction of sp³-hybridized carbons (Fsp3) is 0.214. The molecule has 21 heavy (non-hydrogen) atoms. The van der Waals surface area contributed by atoms with Crippen LogP contribution in [0.3, 0.4) is 0 Å². The molecule has 1 aromatic carbocycles. The Morgan fingerprint density at radius 3 is 2.86 bits per heavy atom. The van der Waals surface area contributed by atoms with Crippen LogP contribution >= 0.6 is 22.9 Å². The molecule has 0 atom stereocenters. The predicted octanol–water partition coefficient (Wildman–Crippen LogP) is 3.61. The highest BCUT2D eigenvalue weighted by molar-refractivity contribution is 7.11. The quantitative estimate of drug-likeness (QED) is 0.798. The summed E-state index contributed by atoms with van der Waals surface area (Å²) in [7, 11) is 0. The molecule has 1 N–H and O–H groups in total. The van der Waals surface area contributed by atoms with E-state index in [9.17, 15) is 0 Å². The number of rotatable bonds is 4. The molecule has 108 valence electrons. The van der Waals surface area contributed by atoms with Crippen LogP contribution < -0.4 is 5.32 Å². The third-order valence-electron chi connectivity index (χ3n) is 3.07. The molecule has 0 spiro atoms. The molecule has 0 fully saturated rings. The molecule has 3 aromatic rings. The first kappa shape index (κ1) is 14.0. The van der Waals surface area contributed by atoms with Crippen LogP contribution in [0.15, 0.2) is 30.9 Å². The van der Waals surface area contributed by atoms with Crippen LogP contribution in [0.4, 0.5) is 5.69 Å². The summed E-state index contributed by atoms with van der Waals surface area (Å²) >= 11 is 8.00. The highest BCUT2D eigenvalue weighted by Gasteiger charge is 2.11. The number of aromatic nitrogens is 4. The van der Waals surface area contributed by atoms with E-state index in [-0.39, 0.29) is 0 Å². The Balaban J connectivity index is 1.89. The molecule has 0 saturated carbocycles. The van der Waals surface area contributed by atoms with Gasteiger partial charge in [0.1, 0.15) is 18.3 Å². The number of benzene rings is 1. The van der Waals surface area contributed by atoms with Gasteiger partial charge in [-0.2, -0.15) is 5.10 Å². The van der Waals surface area contributed by atoms with Crippen molar-refractivity contribution in [1.82, 2.24) is 19.7 Å². The van der Waals surface area contributed by atoms with Crippen molar-refractivity contribution in [2.24, 2.45) is 0 Å². The lowest BCUT2D eigenvalue weighted by Gasteiger charge is -2.12. The van der Waals surface area contributed by atoms with Gasteiger partial charge in [-0.1, -0.05) is 17.7 Å². The lowest BCUT2D eigenvalue weighted by atomic mass is 10.2. The van der Waals surface area contributed by atoms with Gasteiger partial charge in [0.25, 0.3) is 0 Å². The van der Waals surface area contributed by atoms with Crippen LogP contribution in [0.5, 0.6) is 0 Å². The Hall–Kier alpha value is -1.92. The summed E-state index contributed by atoms with van der Waals surface area (Å²) in [5.41, 5.74) is 2.78. The molecule has 0 amide bonds. The van der Waals surface area contributed by atoms with Crippen LogP contribution in [0.2, 0.25) is 5.02 Å². The molecule has 3 rings (SSSR count). The van der Waals surface area contributed by atoms with E-state index < -0.39 is 0 Å². The minimum atomic E-state index is 0.628. The zero-order valence-corrected chi connectivity index (χ0v) is 13.2. The van der Waals surface area contributed by atoms with Gasteiger partial charge in [0, 0.05) is 4.88 Å². The number of hydrogen-bond donors (Lipinski definition) is 1. The summed E-state index contributed by atoms with van der Waals surface area (Å²) in [4.78, 5) is 9.63. The first-order valence-electron chi connectivity index (χ1n) is 6.45. The minimum absolute atomic E-state index is 0.628. The Kier molecular flexibility index (Phi) is 3.90. The second-order valence-electron chi connectivity index (χ2n) is 4.57. The largest absolute Gasteiger partial charge is 0.378 e. The average molecular weight is 320 g/mol. The van der Waals surface area contributed by atoms with E-state index in [1.807, 2.05) is 32.0 Å². The SMILES string of the molecule is Cc1nc(C)c(CNc2cccc(Cl)c2-n2cncn2)s1. The Bertz CT molecular complexity index is 751. The Morgan fingerprint density at radius 1 is 1.33 bits per heavy atom. The first-order chi connectivity index (χ1) is 10.1. The topological polar surface area (TPSA) is 55.6 Å². The second kappa shape index (κ2) is 5.83. The summed E-state index contributed by atoms with van der Waals surface area (Å²) in [6.45, 7) is 4.75. The van der Waals surface area contributed by atoms with E-state index >= 15 is 0 Å². The van der Waals surface area contributed by atoms with Crippen molar-refractivity contribution in [3.8, 4) is 5.69 Å². The average Bonchev–Trinajstić information content (AvgIpc) is 3.06. The summed E-state index contributed by atoms with van der Waals surface area (Å²) in [5.74, 6) is 0. The molecular formula is C14H14ClN5S. The number of nitrogens with one attached hydrogen (secondary N) is 1. The number of aryl methyl sites for hydroxylation is 2. The zero-order chi connectivity index (χ0) is 14.8. The third kappa shape index (κ3) is 2.91. The van der Waals surface area contributed by atoms with E-state index in [1.54, 1.807) is 22.3 Å². The number of nitrogens with zero attached hydrogens (tertiary/aromatic N) is 4. The number of para-hydroxylation sites is 1. The van der Waals surface area contributed by atoms with Gasteiger partial charge in [0.05, 0.1) is 28.0 Å². The van der Waals surface area contributed by atoms with E-state index in [2.05, 4.69) is 20.4 Å². The molecule has 2 heterocycles. The normalized spacial score (nSPS) is 10.8. The number of halogens is 1. The van der Waals surface area contributed by atoms with Gasteiger partial charge >= 0.3 is 0 Å².